The summed E-state index contributed by atoms with van der Waals surface area (Å²) in [6, 6.07) is 0.0547. The fourth-order valence-electron chi connectivity index (χ4n) is 1.49. The highest BCUT2D eigenvalue weighted by molar-refractivity contribution is 7.89. The Morgan fingerprint density at radius 2 is 1.70 bits per heavy atom. The predicted octanol–water partition coefficient (Wildman–Crippen LogP) is 1.94. The maximum atomic E-state index is 13.3. The van der Waals surface area contributed by atoms with Crippen LogP contribution >= 0.6 is 0 Å². The van der Waals surface area contributed by atoms with Crippen LogP contribution in [-0.4, -0.2) is 20.8 Å². The molecule has 114 valence electrons. The second kappa shape index (κ2) is 6.40. The Morgan fingerprint density at radius 3 is 2.10 bits per heavy atom. The van der Waals surface area contributed by atoms with E-state index in [1.165, 1.54) is 0 Å². The van der Waals surface area contributed by atoms with Crippen molar-refractivity contribution in [3.63, 3.8) is 0 Å². The summed E-state index contributed by atoms with van der Waals surface area (Å²) >= 11 is 0. The number of sulfonamides is 1. The Hall–Kier alpha value is -1.35. The third-order valence-corrected chi connectivity index (χ3v) is 3.52. The van der Waals surface area contributed by atoms with Gasteiger partial charge in [-0.2, -0.15) is 8.78 Å². The summed E-state index contributed by atoms with van der Waals surface area (Å²) in [5, 5.41) is 4.84. The van der Waals surface area contributed by atoms with Gasteiger partial charge in [0.2, 0.25) is 21.7 Å². The molecule has 20 heavy (non-hydrogen) atoms. The summed E-state index contributed by atoms with van der Waals surface area (Å²) in [7, 11) is -3.79. The summed E-state index contributed by atoms with van der Waals surface area (Å²) < 4.78 is 78.9. The van der Waals surface area contributed by atoms with Gasteiger partial charge >= 0.3 is 0 Å². The van der Waals surface area contributed by atoms with E-state index < -0.39 is 57.3 Å². The number of primary sulfonamides is 1. The molecule has 0 spiro atoms. The zero-order valence-corrected chi connectivity index (χ0v) is 11.3. The average Bonchev–Trinajstić information content (AvgIpc) is 2.33. The van der Waals surface area contributed by atoms with Crippen LogP contribution in [0.1, 0.15) is 13.3 Å². The second-order valence-electron chi connectivity index (χ2n) is 4.21. The lowest BCUT2D eigenvalue weighted by molar-refractivity contribution is 0.228. The van der Waals surface area contributed by atoms with Gasteiger partial charge in [0, 0.05) is 12.0 Å². The first-order valence-electron chi connectivity index (χ1n) is 5.62. The van der Waals surface area contributed by atoms with Crippen LogP contribution in [0.25, 0.3) is 0 Å². The molecule has 0 aliphatic heterocycles. The maximum absolute atomic E-state index is 13.3. The number of nitrogens with two attached hydrogens (primary N) is 1. The molecule has 4 nitrogen and oxygen atoms in total. The van der Waals surface area contributed by atoms with Crippen LogP contribution in [0.4, 0.5) is 17.6 Å². The van der Waals surface area contributed by atoms with Gasteiger partial charge in [-0.1, -0.05) is 6.92 Å². The first-order chi connectivity index (χ1) is 9.15. The van der Waals surface area contributed by atoms with Crippen LogP contribution in [-0.2, 0) is 10.0 Å². The van der Waals surface area contributed by atoms with Crippen LogP contribution in [0.3, 0.4) is 0 Å². The zero-order valence-electron chi connectivity index (χ0n) is 10.5. The summed E-state index contributed by atoms with van der Waals surface area (Å²) in [6.45, 7) is 1.17. The highest BCUT2D eigenvalue weighted by Crippen LogP contribution is 2.27. The number of ether oxygens (including phenoxy) is 1. The van der Waals surface area contributed by atoms with Crippen LogP contribution in [0.5, 0.6) is 5.75 Å². The van der Waals surface area contributed by atoms with Crippen molar-refractivity contribution in [1.82, 2.24) is 0 Å². The van der Waals surface area contributed by atoms with Gasteiger partial charge in [0.25, 0.3) is 0 Å². The van der Waals surface area contributed by atoms with Gasteiger partial charge in [-0.15, -0.1) is 0 Å². The number of halogens is 4. The van der Waals surface area contributed by atoms with Crippen molar-refractivity contribution in [2.24, 2.45) is 11.1 Å². The van der Waals surface area contributed by atoms with E-state index in [9.17, 15) is 26.0 Å². The molecule has 1 aromatic rings. The van der Waals surface area contributed by atoms with Crippen molar-refractivity contribution in [3.05, 3.63) is 29.3 Å². The smallest absolute Gasteiger partial charge is 0.209 e. The van der Waals surface area contributed by atoms with Gasteiger partial charge < -0.3 is 4.74 Å². The highest BCUT2D eigenvalue weighted by atomic mass is 32.2. The lowest BCUT2D eigenvalue weighted by Gasteiger charge is -2.15. The predicted molar refractivity (Wildman–Crippen MR) is 63.5 cm³/mol. The van der Waals surface area contributed by atoms with E-state index in [0.717, 1.165) is 0 Å². The summed E-state index contributed by atoms with van der Waals surface area (Å²) in [4.78, 5) is 0. The van der Waals surface area contributed by atoms with Crippen LogP contribution < -0.4 is 9.88 Å². The third kappa shape index (κ3) is 4.34. The van der Waals surface area contributed by atoms with Crippen molar-refractivity contribution < 1.29 is 30.7 Å². The molecule has 0 saturated carbocycles. The molecule has 1 aromatic carbocycles. The molecule has 0 heterocycles. The molecule has 0 saturated heterocycles. The minimum atomic E-state index is -3.79. The Balaban J connectivity index is 2.89. The van der Waals surface area contributed by atoms with Crippen molar-refractivity contribution in [2.45, 2.75) is 13.3 Å². The van der Waals surface area contributed by atoms with Gasteiger partial charge in [-0.05, 0) is 6.42 Å². The SMILES string of the molecule is CCC(COc1c(F)c(F)cc(F)c1F)CS(N)(=O)=O. The normalized spacial score (nSPS) is 13.3. The highest BCUT2D eigenvalue weighted by Gasteiger charge is 2.22. The molecule has 1 atom stereocenters. The van der Waals surface area contributed by atoms with Gasteiger partial charge in [0.15, 0.2) is 17.4 Å². The Bertz CT molecular complexity index is 566. The van der Waals surface area contributed by atoms with Gasteiger partial charge in [0.05, 0.1) is 12.4 Å². The maximum Gasteiger partial charge on any atom is 0.209 e. The van der Waals surface area contributed by atoms with Crippen molar-refractivity contribution >= 4 is 10.0 Å². The number of hydrogen-bond donors (Lipinski definition) is 1. The Labute approximate surface area is 113 Å². The Morgan fingerprint density at radius 1 is 1.20 bits per heavy atom. The molecule has 0 amide bonds. The fourth-order valence-corrected chi connectivity index (χ4v) is 2.48. The number of rotatable bonds is 6. The third-order valence-electron chi connectivity index (χ3n) is 2.58. The van der Waals surface area contributed by atoms with Gasteiger partial charge in [-0.3, -0.25) is 0 Å². The van der Waals surface area contributed by atoms with Crippen molar-refractivity contribution in [2.75, 3.05) is 12.4 Å². The minimum absolute atomic E-state index is 0.0547. The van der Waals surface area contributed by atoms with E-state index >= 15 is 0 Å². The molecule has 9 heteroatoms. The molecule has 1 rings (SSSR count). The summed E-state index contributed by atoms with van der Waals surface area (Å²) in [5.74, 6) is -8.88. The molecule has 0 fully saturated rings. The molecule has 1 unspecified atom stereocenters. The molecular weight excluding hydrogens is 302 g/mol. The zero-order chi connectivity index (χ0) is 15.5. The lowest BCUT2D eigenvalue weighted by atomic mass is 10.1. The second-order valence-corrected chi connectivity index (χ2v) is 5.87. The molecule has 0 aliphatic rings. The van der Waals surface area contributed by atoms with E-state index in [-0.39, 0.29) is 12.5 Å². The van der Waals surface area contributed by atoms with E-state index in [4.69, 9.17) is 5.14 Å². The molecule has 0 radical (unpaired) electrons. The molecule has 0 bridgehead atoms. The number of hydrogen-bond acceptors (Lipinski definition) is 3. The molecule has 0 aliphatic carbocycles. The topological polar surface area (TPSA) is 69.4 Å². The van der Waals surface area contributed by atoms with E-state index in [1.807, 2.05) is 0 Å². The largest absolute Gasteiger partial charge is 0.487 e. The fraction of sp³-hybridized carbons (Fsp3) is 0.455. The summed E-state index contributed by atoms with van der Waals surface area (Å²) in [5.41, 5.74) is 0. The van der Waals surface area contributed by atoms with E-state index in [1.54, 1.807) is 6.92 Å². The molecular formula is C11H13F4NO3S. The van der Waals surface area contributed by atoms with Crippen LogP contribution in [0.15, 0.2) is 6.07 Å². The molecule has 0 aromatic heterocycles. The van der Waals surface area contributed by atoms with E-state index in [2.05, 4.69) is 4.74 Å². The lowest BCUT2D eigenvalue weighted by Crippen LogP contribution is -2.27. The summed E-state index contributed by atoms with van der Waals surface area (Å²) in [6.07, 6.45) is 0.289. The first kappa shape index (κ1) is 16.7. The molecule has 2 N–H and O–H groups in total. The van der Waals surface area contributed by atoms with Gasteiger partial charge in [-0.25, -0.2) is 22.3 Å². The minimum Gasteiger partial charge on any atom is -0.487 e. The van der Waals surface area contributed by atoms with Crippen molar-refractivity contribution in [3.8, 4) is 5.75 Å². The van der Waals surface area contributed by atoms with Crippen molar-refractivity contribution in [1.29, 1.82) is 0 Å². The standard InChI is InChI=1S/C11H13F4NO3S/c1-2-6(5-20(16,17)18)4-19-11-9(14)7(12)3-8(13)10(11)15/h3,6H,2,4-5H2,1H3,(H2,16,17,18). The monoisotopic (exact) mass is 315 g/mol. The van der Waals surface area contributed by atoms with E-state index in [0.29, 0.717) is 0 Å². The van der Waals surface area contributed by atoms with Gasteiger partial charge in [0.1, 0.15) is 0 Å². The van der Waals surface area contributed by atoms with Crippen LogP contribution in [0.2, 0.25) is 0 Å². The van der Waals surface area contributed by atoms with Crippen LogP contribution in [0, 0.1) is 29.2 Å². The Kier molecular flexibility index (Phi) is 5.35. The average molecular weight is 315 g/mol. The first-order valence-corrected chi connectivity index (χ1v) is 7.33. The number of benzene rings is 1. The quantitative estimate of drug-likeness (QED) is 0.644.